The number of nitrogens with zero attached hydrogens (tertiary/aromatic N) is 4. The molecule has 1 amide bonds. The number of ketones is 1. The maximum Gasteiger partial charge on any atom is 0.414 e. The van der Waals surface area contributed by atoms with Crippen LogP contribution in [-0.4, -0.2) is 44.7 Å². The molecule has 2 aromatic heterocycles. The summed E-state index contributed by atoms with van der Waals surface area (Å²) in [6, 6.07) is 9.44. The monoisotopic (exact) mass is 516 g/mol. The summed E-state index contributed by atoms with van der Waals surface area (Å²) >= 11 is 0. The Morgan fingerprint density at radius 3 is 2.82 bits per heavy atom. The number of aryl methyl sites for hydroxylation is 1. The molecule has 3 heterocycles. The number of rotatable bonds is 4. The van der Waals surface area contributed by atoms with Crippen LogP contribution >= 0.6 is 0 Å². The largest absolute Gasteiger partial charge is 0.452 e. The van der Waals surface area contributed by atoms with Gasteiger partial charge in [0.05, 0.1) is 23.8 Å². The van der Waals surface area contributed by atoms with Crippen molar-refractivity contribution in [3.8, 4) is 0 Å². The van der Waals surface area contributed by atoms with E-state index in [1.807, 2.05) is 31.2 Å². The first-order chi connectivity index (χ1) is 18.4. The van der Waals surface area contributed by atoms with Gasteiger partial charge in [-0.2, -0.15) is 0 Å². The maximum atomic E-state index is 12.7. The molecular weight excluding hydrogens is 484 g/mol. The van der Waals surface area contributed by atoms with Crippen LogP contribution in [0.5, 0.6) is 0 Å². The van der Waals surface area contributed by atoms with E-state index in [4.69, 9.17) is 14.1 Å². The second-order valence-corrected chi connectivity index (χ2v) is 10.6. The number of methoxy groups -OCH3 is 1. The highest BCUT2D eigenvalue weighted by Crippen LogP contribution is 2.42. The van der Waals surface area contributed by atoms with Gasteiger partial charge in [0.1, 0.15) is 23.2 Å². The van der Waals surface area contributed by atoms with Crippen LogP contribution in [0, 0.1) is 5.92 Å². The van der Waals surface area contributed by atoms with Crippen molar-refractivity contribution in [3.63, 3.8) is 0 Å². The number of benzene rings is 2. The molecule has 1 saturated carbocycles. The minimum atomic E-state index is -1.00. The normalized spacial score (nSPS) is 22.4. The van der Waals surface area contributed by atoms with Crippen LogP contribution in [0.15, 0.2) is 41.1 Å². The average Bonchev–Trinajstić information content (AvgIpc) is 3.56. The second-order valence-electron chi connectivity index (χ2n) is 10.6. The average molecular weight is 517 g/mol. The van der Waals surface area contributed by atoms with Gasteiger partial charge in [0.15, 0.2) is 12.0 Å². The number of carbonyl (C=O) groups excluding carboxylic acids is 2. The van der Waals surface area contributed by atoms with Gasteiger partial charge in [-0.1, -0.05) is 12.5 Å². The molecule has 9 heteroatoms. The van der Waals surface area contributed by atoms with Gasteiger partial charge in [0.2, 0.25) is 0 Å². The molecule has 0 saturated heterocycles. The topological polar surface area (TPSA) is 111 Å². The third-order valence-electron chi connectivity index (χ3n) is 8.35. The van der Waals surface area contributed by atoms with Crippen LogP contribution in [0.1, 0.15) is 75.0 Å². The Kier molecular flexibility index (Phi) is 6.18. The number of amides is 1. The molecular formula is C29H32N4O5. The lowest BCUT2D eigenvalue weighted by atomic mass is 9.83. The fraction of sp³-hybridized carbons (Fsp3) is 0.448. The van der Waals surface area contributed by atoms with Crippen molar-refractivity contribution >= 4 is 39.7 Å². The van der Waals surface area contributed by atoms with Crippen molar-refractivity contribution in [2.24, 2.45) is 5.92 Å². The quantitative estimate of drug-likeness (QED) is 0.382. The summed E-state index contributed by atoms with van der Waals surface area (Å²) in [5.41, 5.74) is 5.45. The molecule has 9 nitrogen and oxygen atoms in total. The lowest BCUT2D eigenvalue weighted by Crippen LogP contribution is -2.42. The van der Waals surface area contributed by atoms with E-state index in [0.717, 1.165) is 54.4 Å². The van der Waals surface area contributed by atoms with Crippen LogP contribution in [0.3, 0.4) is 0 Å². The zero-order chi connectivity index (χ0) is 26.6. The number of carbonyl (C=O) groups is 2. The van der Waals surface area contributed by atoms with E-state index in [1.165, 1.54) is 13.5 Å². The molecule has 198 valence electrons. The SMILES string of the molecule is COC(=O)N1c2ccc3c(nc([C@H](O)c4ccc5ocnc5c4)n3[C@@H]3CCC[C@@H](C(C)=O)C3)c2CC[C@@H]1C. The molecule has 0 spiro atoms. The summed E-state index contributed by atoms with van der Waals surface area (Å²) < 4.78 is 12.6. The number of aromatic nitrogens is 3. The molecule has 1 fully saturated rings. The summed E-state index contributed by atoms with van der Waals surface area (Å²) in [4.78, 5) is 36.0. The Labute approximate surface area is 220 Å². The van der Waals surface area contributed by atoms with Gasteiger partial charge < -0.3 is 18.8 Å². The van der Waals surface area contributed by atoms with Crippen LogP contribution in [0.25, 0.3) is 22.1 Å². The number of hydrogen-bond acceptors (Lipinski definition) is 7. The van der Waals surface area contributed by atoms with Gasteiger partial charge in [0.25, 0.3) is 0 Å². The highest BCUT2D eigenvalue weighted by atomic mass is 16.5. The van der Waals surface area contributed by atoms with Gasteiger partial charge in [-0.3, -0.25) is 9.69 Å². The zero-order valence-corrected chi connectivity index (χ0v) is 21.9. The molecule has 38 heavy (non-hydrogen) atoms. The van der Waals surface area contributed by atoms with Crippen LogP contribution < -0.4 is 4.90 Å². The molecule has 1 aliphatic carbocycles. The maximum absolute atomic E-state index is 12.7. The first-order valence-electron chi connectivity index (χ1n) is 13.3. The smallest absolute Gasteiger partial charge is 0.414 e. The summed E-state index contributed by atoms with van der Waals surface area (Å²) in [5, 5.41) is 11.7. The molecule has 2 aliphatic rings. The van der Waals surface area contributed by atoms with E-state index >= 15 is 0 Å². The number of imidazole rings is 1. The Hall–Kier alpha value is -3.72. The molecule has 2 aromatic carbocycles. The first kappa shape index (κ1) is 24.6. The molecule has 0 unspecified atom stereocenters. The summed E-state index contributed by atoms with van der Waals surface area (Å²) in [6.07, 6.45) is 4.98. The number of oxazole rings is 1. The number of anilines is 1. The van der Waals surface area contributed by atoms with E-state index in [1.54, 1.807) is 17.9 Å². The fourth-order valence-electron chi connectivity index (χ4n) is 6.33. The second kappa shape index (κ2) is 9.54. The molecule has 4 aromatic rings. The number of ether oxygens (including phenoxy) is 1. The lowest BCUT2D eigenvalue weighted by molar-refractivity contribution is -0.122. The Balaban J connectivity index is 1.53. The van der Waals surface area contributed by atoms with Gasteiger partial charge >= 0.3 is 6.09 Å². The lowest BCUT2D eigenvalue weighted by Gasteiger charge is -2.34. The van der Waals surface area contributed by atoms with E-state index in [2.05, 4.69) is 9.55 Å². The Morgan fingerprint density at radius 2 is 2.03 bits per heavy atom. The highest BCUT2D eigenvalue weighted by Gasteiger charge is 2.35. The van der Waals surface area contributed by atoms with Crippen molar-refractivity contribution in [1.29, 1.82) is 0 Å². The highest BCUT2D eigenvalue weighted by molar-refractivity contribution is 5.95. The van der Waals surface area contributed by atoms with E-state index in [9.17, 15) is 14.7 Å². The van der Waals surface area contributed by atoms with Crippen molar-refractivity contribution in [3.05, 3.63) is 53.7 Å². The number of fused-ring (bicyclic) bond motifs is 4. The molecule has 0 bridgehead atoms. The molecule has 1 N–H and O–H groups in total. The zero-order valence-electron chi connectivity index (χ0n) is 21.9. The fourth-order valence-corrected chi connectivity index (χ4v) is 6.33. The van der Waals surface area contributed by atoms with Crippen molar-refractivity contribution in [2.45, 2.75) is 70.6 Å². The Morgan fingerprint density at radius 1 is 1.18 bits per heavy atom. The predicted molar refractivity (Wildman–Crippen MR) is 142 cm³/mol. The van der Waals surface area contributed by atoms with Crippen LogP contribution in [0.4, 0.5) is 10.5 Å². The van der Waals surface area contributed by atoms with E-state index < -0.39 is 12.2 Å². The molecule has 1 aliphatic heterocycles. The van der Waals surface area contributed by atoms with Gasteiger partial charge in [-0.05, 0) is 75.8 Å². The van der Waals surface area contributed by atoms with Crippen LogP contribution in [-0.2, 0) is 16.0 Å². The number of aliphatic hydroxyl groups excluding tert-OH is 1. The minimum absolute atomic E-state index is 0.00315. The van der Waals surface area contributed by atoms with Crippen molar-refractivity contribution in [2.75, 3.05) is 12.0 Å². The van der Waals surface area contributed by atoms with Gasteiger partial charge in [0, 0.05) is 23.6 Å². The van der Waals surface area contributed by atoms with Gasteiger partial charge in [-0.15, -0.1) is 0 Å². The predicted octanol–water partition coefficient (Wildman–Crippen LogP) is 5.49. The Bertz CT molecular complexity index is 1540. The number of Topliss-reactive ketones (excluding diaryl/α,β-unsaturated/α-hetero) is 1. The molecule has 4 atom stereocenters. The van der Waals surface area contributed by atoms with E-state index in [0.29, 0.717) is 28.9 Å². The standard InChI is InChI=1S/C29H32N4O5/c1-16-7-9-21-23(32(16)29(36)37-3)10-11-24-26(21)31-28(33(24)20-6-4-5-18(13-20)17(2)34)27(35)19-8-12-25-22(14-19)30-15-38-25/h8,10-12,14-16,18,20,27,35H,4-7,9,13H2,1-3H3/t16-,18+,20+,27+/m0/s1. The molecule has 6 rings (SSSR count). The number of hydrogen-bond donors (Lipinski definition) is 1. The number of aliphatic hydroxyl groups is 1. The summed E-state index contributed by atoms with van der Waals surface area (Å²) in [5.74, 6) is 0.738. The molecule has 0 radical (unpaired) electrons. The van der Waals surface area contributed by atoms with E-state index in [-0.39, 0.29) is 23.8 Å². The first-order valence-corrected chi connectivity index (χ1v) is 13.3. The third-order valence-corrected chi connectivity index (χ3v) is 8.35. The van der Waals surface area contributed by atoms with Crippen LogP contribution in [0.2, 0.25) is 0 Å². The summed E-state index contributed by atoms with van der Waals surface area (Å²) in [7, 11) is 1.39. The van der Waals surface area contributed by atoms with Gasteiger partial charge in [-0.25, -0.2) is 14.8 Å². The summed E-state index contributed by atoms with van der Waals surface area (Å²) in [6.45, 7) is 3.68. The minimum Gasteiger partial charge on any atom is -0.452 e. The van der Waals surface area contributed by atoms with Crippen molar-refractivity contribution < 1.29 is 23.8 Å². The third kappa shape index (κ3) is 3.96. The van der Waals surface area contributed by atoms with Crippen molar-refractivity contribution in [1.82, 2.24) is 14.5 Å².